The predicted octanol–water partition coefficient (Wildman–Crippen LogP) is 3.40. The van der Waals surface area contributed by atoms with Crippen molar-refractivity contribution in [2.24, 2.45) is 17.0 Å². The molecule has 0 saturated heterocycles. The highest BCUT2D eigenvalue weighted by Gasteiger charge is 2.38. The summed E-state index contributed by atoms with van der Waals surface area (Å²) in [6.07, 6.45) is 5.55. The van der Waals surface area contributed by atoms with Gasteiger partial charge in [-0.05, 0) is 92.1 Å². The Morgan fingerprint density at radius 1 is 1.10 bits per heavy atom. The van der Waals surface area contributed by atoms with E-state index in [1.807, 2.05) is 7.05 Å². The Hall–Kier alpha value is -1.69. The Morgan fingerprint density at radius 3 is 2.52 bits per heavy atom. The molecule has 5 heteroatoms. The van der Waals surface area contributed by atoms with E-state index >= 15 is 0 Å². The first-order valence-corrected chi connectivity index (χ1v) is 12.4. The first kappa shape index (κ1) is 20.6. The minimum absolute atomic E-state index is 0.269. The van der Waals surface area contributed by atoms with Crippen LogP contribution in [0.15, 0.2) is 48.5 Å². The Labute approximate surface area is 175 Å². The lowest BCUT2D eigenvalue weighted by Gasteiger charge is -2.21. The largest absolute Gasteiger partial charge is 0.319 e. The molecule has 29 heavy (non-hydrogen) atoms. The van der Waals surface area contributed by atoms with Gasteiger partial charge in [-0.15, -0.1) is 0 Å². The lowest BCUT2D eigenvalue weighted by molar-refractivity contribution is 0.436. The molecule has 1 fully saturated rings. The van der Waals surface area contributed by atoms with Crippen LogP contribution < -0.4 is 10.5 Å². The molecule has 0 radical (unpaired) electrons. The second-order valence-corrected chi connectivity index (χ2v) is 10.6. The van der Waals surface area contributed by atoms with Crippen LogP contribution in [0.1, 0.15) is 47.4 Å². The fourth-order valence-corrected chi connectivity index (χ4v) is 6.33. The summed E-state index contributed by atoms with van der Waals surface area (Å²) in [5, 5.41) is 8.49. The molecular weight excluding hydrogens is 380 g/mol. The molecule has 3 unspecified atom stereocenters. The summed E-state index contributed by atoms with van der Waals surface area (Å²) in [5.41, 5.74) is 5.51. The van der Waals surface area contributed by atoms with Gasteiger partial charge < -0.3 is 5.32 Å². The fourth-order valence-electron chi connectivity index (χ4n) is 5.08. The van der Waals surface area contributed by atoms with Crippen LogP contribution in [-0.4, -0.2) is 27.3 Å². The SMILES string of the molecule is CNCC1Cc2ccc(CCC(C3CC3)S(N)(=O)=O)cc2C1Cc1ccccc1. The van der Waals surface area contributed by atoms with Gasteiger partial charge in [0.15, 0.2) is 0 Å². The summed E-state index contributed by atoms with van der Waals surface area (Å²) in [5.74, 6) is 1.36. The van der Waals surface area contributed by atoms with Gasteiger partial charge in [0.1, 0.15) is 0 Å². The molecule has 0 spiro atoms. The van der Waals surface area contributed by atoms with Crippen molar-refractivity contribution >= 4 is 10.0 Å². The lowest BCUT2D eigenvalue weighted by atomic mass is 9.86. The number of sulfonamides is 1. The molecule has 0 amide bonds. The maximum absolute atomic E-state index is 12.0. The van der Waals surface area contributed by atoms with Gasteiger partial charge in [-0.2, -0.15) is 0 Å². The lowest BCUT2D eigenvalue weighted by Crippen LogP contribution is -2.30. The van der Waals surface area contributed by atoms with E-state index in [4.69, 9.17) is 5.14 Å². The van der Waals surface area contributed by atoms with E-state index in [0.29, 0.717) is 18.3 Å². The van der Waals surface area contributed by atoms with E-state index < -0.39 is 10.0 Å². The molecular formula is C24H32N2O2S. The molecule has 0 aromatic heterocycles. The molecule has 2 aromatic rings. The second kappa shape index (κ2) is 8.58. The van der Waals surface area contributed by atoms with Crippen molar-refractivity contribution in [3.05, 3.63) is 70.8 Å². The fraction of sp³-hybridized carbons (Fsp3) is 0.500. The van der Waals surface area contributed by atoms with Gasteiger partial charge in [-0.25, -0.2) is 13.6 Å². The molecule has 4 rings (SSSR count). The number of fused-ring (bicyclic) bond motifs is 1. The number of benzene rings is 2. The zero-order chi connectivity index (χ0) is 20.4. The highest BCUT2D eigenvalue weighted by atomic mass is 32.2. The van der Waals surface area contributed by atoms with Gasteiger partial charge in [0.25, 0.3) is 0 Å². The predicted molar refractivity (Wildman–Crippen MR) is 118 cm³/mol. The van der Waals surface area contributed by atoms with Crippen molar-refractivity contribution < 1.29 is 8.42 Å². The maximum atomic E-state index is 12.0. The van der Waals surface area contributed by atoms with E-state index in [1.54, 1.807) is 0 Å². The molecule has 0 bridgehead atoms. The molecule has 0 aliphatic heterocycles. The third kappa shape index (κ3) is 4.90. The number of nitrogens with one attached hydrogen (secondary N) is 1. The minimum Gasteiger partial charge on any atom is -0.319 e. The first-order valence-electron chi connectivity index (χ1n) is 10.8. The van der Waals surface area contributed by atoms with Gasteiger partial charge in [0, 0.05) is 0 Å². The topological polar surface area (TPSA) is 72.2 Å². The molecule has 156 valence electrons. The van der Waals surface area contributed by atoms with Crippen molar-refractivity contribution in [2.45, 2.75) is 49.7 Å². The summed E-state index contributed by atoms with van der Waals surface area (Å²) in [7, 11) is -1.43. The Bertz CT molecular complexity index is 939. The van der Waals surface area contributed by atoms with Crippen molar-refractivity contribution in [1.29, 1.82) is 0 Å². The smallest absolute Gasteiger partial charge is 0.212 e. The molecule has 2 aromatic carbocycles. The summed E-state index contributed by atoms with van der Waals surface area (Å²) in [4.78, 5) is 0. The molecule has 4 nitrogen and oxygen atoms in total. The zero-order valence-corrected chi connectivity index (χ0v) is 18.0. The van der Waals surface area contributed by atoms with Crippen LogP contribution in [0, 0.1) is 11.8 Å². The van der Waals surface area contributed by atoms with E-state index in [9.17, 15) is 8.42 Å². The Morgan fingerprint density at radius 2 is 1.86 bits per heavy atom. The van der Waals surface area contributed by atoms with Crippen LogP contribution in [0.25, 0.3) is 0 Å². The number of nitrogens with two attached hydrogens (primary N) is 1. The van der Waals surface area contributed by atoms with Gasteiger partial charge in [-0.1, -0.05) is 48.5 Å². The number of primary sulfonamides is 1. The third-order valence-electron chi connectivity index (χ3n) is 6.71. The zero-order valence-electron chi connectivity index (χ0n) is 17.2. The van der Waals surface area contributed by atoms with E-state index in [1.165, 1.54) is 22.3 Å². The van der Waals surface area contributed by atoms with Crippen LogP contribution in [0.3, 0.4) is 0 Å². The van der Waals surface area contributed by atoms with Gasteiger partial charge in [-0.3, -0.25) is 0 Å². The Balaban J connectivity index is 1.53. The highest BCUT2D eigenvalue weighted by molar-refractivity contribution is 7.89. The quantitative estimate of drug-likeness (QED) is 0.663. The van der Waals surface area contributed by atoms with Gasteiger partial charge in [0.05, 0.1) is 5.25 Å². The average Bonchev–Trinajstić information content (AvgIpc) is 3.46. The molecule has 3 N–H and O–H groups in total. The highest BCUT2D eigenvalue weighted by Crippen LogP contribution is 2.41. The number of hydrogen-bond acceptors (Lipinski definition) is 3. The average molecular weight is 413 g/mol. The minimum atomic E-state index is -3.46. The third-order valence-corrected chi connectivity index (χ3v) is 8.18. The van der Waals surface area contributed by atoms with Crippen molar-refractivity contribution in [2.75, 3.05) is 13.6 Å². The molecule has 1 saturated carbocycles. The van der Waals surface area contributed by atoms with Crippen LogP contribution in [0.2, 0.25) is 0 Å². The molecule has 2 aliphatic carbocycles. The summed E-state index contributed by atoms with van der Waals surface area (Å²) in [6, 6.07) is 17.5. The summed E-state index contributed by atoms with van der Waals surface area (Å²) >= 11 is 0. The summed E-state index contributed by atoms with van der Waals surface area (Å²) < 4.78 is 23.9. The van der Waals surface area contributed by atoms with E-state index in [0.717, 1.165) is 38.6 Å². The van der Waals surface area contributed by atoms with E-state index in [2.05, 4.69) is 53.8 Å². The van der Waals surface area contributed by atoms with Crippen LogP contribution in [0.5, 0.6) is 0 Å². The standard InChI is InChI=1S/C24H32N2O2S/c1-26-16-21-15-20-9-7-18(8-12-24(19-10-11-19)29(25,27)28)14-22(20)23(21)13-17-5-3-2-4-6-17/h2-7,9,14,19,21,23-24,26H,8,10-13,15-16H2,1H3,(H2,25,27,28). The molecule has 2 aliphatic rings. The van der Waals surface area contributed by atoms with Crippen LogP contribution >= 0.6 is 0 Å². The number of rotatable bonds is 9. The normalized spacial score (nSPS) is 22.4. The van der Waals surface area contributed by atoms with E-state index in [-0.39, 0.29) is 11.2 Å². The van der Waals surface area contributed by atoms with Gasteiger partial charge >= 0.3 is 0 Å². The van der Waals surface area contributed by atoms with Gasteiger partial charge in [0.2, 0.25) is 10.0 Å². The second-order valence-electron chi connectivity index (χ2n) is 8.85. The molecule has 3 atom stereocenters. The van der Waals surface area contributed by atoms with Crippen LogP contribution in [-0.2, 0) is 29.3 Å². The maximum Gasteiger partial charge on any atom is 0.212 e. The summed E-state index contributed by atoms with van der Waals surface area (Å²) in [6.45, 7) is 1.01. The monoisotopic (exact) mass is 412 g/mol. The van der Waals surface area contributed by atoms with Crippen molar-refractivity contribution in [1.82, 2.24) is 5.32 Å². The first-order chi connectivity index (χ1) is 14.0. The van der Waals surface area contributed by atoms with Crippen molar-refractivity contribution in [3.63, 3.8) is 0 Å². The van der Waals surface area contributed by atoms with Crippen molar-refractivity contribution in [3.8, 4) is 0 Å². The number of hydrogen-bond donors (Lipinski definition) is 2. The molecule has 0 heterocycles. The number of aryl methyl sites for hydroxylation is 1. The Kier molecular flexibility index (Phi) is 6.09. The van der Waals surface area contributed by atoms with Crippen LogP contribution in [0.4, 0.5) is 0 Å².